The van der Waals surface area contributed by atoms with Crippen LogP contribution in [0.25, 0.3) is 0 Å². The van der Waals surface area contributed by atoms with Gasteiger partial charge < -0.3 is 10.2 Å². The molecule has 54 valence electrons. The Balaban J connectivity index is 2.98. The first-order chi connectivity index (χ1) is 4.74. The molecular formula is C5H4Br2N2O. The van der Waals surface area contributed by atoms with Crippen LogP contribution in [-0.2, 0) is 0 Å². The van der Waals surface area contributed by atoms with Gasteiger partial charge in [-0.25, -0.2) is 0 Å². The Hall–Kier alpha value is -0.290. The van der Waals surface area contributed by atoms with E-state index in [-0.39, 0.29) is 0 Å². The van der Waals surface area contributed by atoms with E-state index in [1.807, 2.05) is 0 Å². The zero-order chi connectivity index (χ0) is 7.56. The summed E-state index contributed by atoms with van der Waals surface area (Å²) in [7, 11) is 0. The van der Waals surface area contributed by atoms with Crippen LogP contribution in [0.4, 0.5) is 0 Å². The first-order valence-electron chi connectivity index (χ1n) is 2.45. The fourth-order valence-corrected chi connectivity index (χ4v) is 1.24. The highest BCUT2D eigenvalue weighted by atomic mass is 79.9. The molecule has 1 aromatic rings. The summed E-state index contributed by atoms with van der Waals surface area (Å²) in [6, 6.07) is 1.80. The molecule has 0 fully saturated rings. The van der Waals surface area contributed by atoms with Crippen molar-refractivity contribution in [1.29, 1.82) is 0 Å². The molecule has 3 nitrogen and oxygen atoms in total. The van der Waals surface area contributed by atoms with Crippen LogP contribution in [-0.4, -0.2) is 16.4 Å². The number of rotatable bonds is 1. The molecule has 0 unspecified atom stereocenters. The molecule has 0 atom stereocenters. The van der Waals surface area contributed by atoms with Gasteiger partial charge in [0, 0.05) is 0 Å². The van der Waals surface area contributed by atoms with E-state index in [0.717, 1.165) is 14.8 Å². The molecule has 5 heteroatoms. The van der Waals surface area contributed by atoms with Gasteiger partial charge >= 0.3 is 0 Å². The Morgan fingerprint density at radius 1 is 1.60 bits per heavy atom. The molecule has 0 saturated carbocycles. The van der Waals surface area contributed by atoms with Gasteiger partial charge in [0.15, 0.2) is 0 Å². The maximum atomic E-state index is 8.14. The van der Waals surface area contributed by atoms with Crippen molar-refractivity contribution >= 4 is 38.1 Å². The van der Waals surface area contributed by atoms with Crippen molar-refractivity contribution in [2.75, 3.05) is 0 Å². The second-order valence-electron chi connectivity index (χ2n) is 1.63. The van der Waals surface area contributed by atoms with Gasteiger partial charge in [-0.3, -0.25) is 0 Å². The summed E-state index contributed by atoms with van der Waals surface area (Å²) in [5.41, 5.74) is 0.737. The van der Waals surface area contributed by atoms with E-state index in [1.54, 1.807) is 6.07 Å². The molecule has 0 aliphatic heterocycles. The smallest absolute Gasteiger partial charge is 0.0969 e. The number of aromatic amines is 1. The Morgan fingerprint density at radius 2 is 2.30 bits per heavy atom. The zero-order valence-electron chi connectivity index (χ0n) is 4.81. The molecule has 1 heterocycles. The first-order valence-corrected chi connectivity index (χ1v) is 4.04. The summed E-state index contributed by atoms with van der Waals surface area (Å²) >= 11 is 6.50. The summed E-state index contributed by atoms with van der Waals surface area (Å²) in [5, 5.41) is 11.0. The van der Waals surface area contributed by atoms with E-state index in [9.17, 15) is 0 Å². The van der Waals surface area contributed by atoms with Gasteiger partial charge in [0.1, 0.15) is 0 Å². The van der Waals surface area contributed by atoms with Crippen LogP contribution in [0.5, 0.6) is 0 Å². The number of aromatic nitrogens is 1. The fourth-order valence-electron chi connectivity index (χ4n) is 0.554. The molecule has 2 N–H and O–H groups in total. The molecule has 0 radical (unpaired) electrons. The lowest BCUT2D eigenvalue weighted by atomic mass is 10.5. The van der Waals surface area contributed by atoms with Crippen molar-refractivity contribution in [2.45, 2.75) is 0 Å². The molecule has 0 aliphatic carbocycles. The number of H-pyrrole nitrogens is 1. The van der Waals surface area contributed by atoms with Crippen LogP contribution in [0.15, 0.2) is 20.3 Å². The fraction of sp³-hybridized carbons (Fsp3) is 0. The largest absolute Gasteiger partial charge is 0.411 e. The number of nitrogens with one attached hydrogen (secondary N) is 1. The van der Waals surface area contributed by atoms with E-state index in [4.69, 9.17) is 5.21 Å². The van der Waals surface area contributed by atoms with Crippen LogP contribution in [0.3, 0.4) is 0 Å². The molecular weight excluding hydrogens is 264 g/mol. The van der Waals surface area contributed by atoms with E-state index in [2.05, 4.69) is 42.0 Å². The van der Waals surface area contributed by atoms with Gasteiger partial charge in [0.25, 0.3) is 0 Å². The van der Waals surface area contributed by atoms with Gasteiger partial charge in [-0.05, 0) is 37.9 Å². The van der Waals surface area contributed by atoms with Crippen LogP contribution < -0.4 is 0 Å². The third kappa shape index (κ3) is 1.60. The minimum absolute atomic E-state index is 0.737. The van der Waals surface area contributed by atoms with Crippen LogP contribution in [0, 0.1) is 0 Å². The van der Waals surface area contributed by atoms with Crippen molar-refractivity contribution in [3.8, 4) is 0 Å². The highest BCUT2D eigenvalue weighted by Crippen LogP contribution is 2.21. The van der Waals surface area contributed by atoms with Crippen LogP contribution >= 0.6 is 31.9 Å². The average molecular weight is 268 g/mol. The van der Waals surface area contributed by atoms with Gasteiger partial charge in [0.05, 0.1) is 21.0 Å². The Labute approximate surface area is 74.4 Å². The summed E-state index contributed by atoms with van der Waals surface area (Å²) in [4.78, 5) is 2.91. The maximum Gasteiger partial charge on any atom is 0.0969 e. The van der Waals surface area contributed by atoms with Crippen molar-refractivity contribution in [3.05, 3.63) is 20.8 Å². The van der Waals surface area contributed by atoms with E-state index >= 15 is 0 Å². The first kappa shape index (κ1) is 7.81. The number of hydrogen-bond donors (Lipinski definition) is 2. The van der Waals surface area contributed by atoms with E-state index in [0.29, 0.717) is 0 Å². The molecule has 0 amide bonds. The maximum absolute atomic E-state index is 8.14. The highest BCUT2D eigenvalue weighted by Gasteiger charge is 1.99. The topological polar surface area (TPSA) is 48.4 Å². The van der Waals surface area contributed by atoms with Gasteiger partial charge in [-0.2, -0.15) is 0 Å². The predicted octanol–water partition coefficient (Wildman–Crippen LogP) is 2.35. The molecule has 0 bridgehead atoms. The molecule has 0 aliphatic rings. The SMILES string of the molecule is ON=Cc1cc(Br)c(Br)[nH]1. The number of halogens is 2. The second-order valence-corrected chi connectivity index (χ2v) is 3.28. The number of nitrogens with zero attached hydrogens (tertiary/aromatic N) is 1. The van der Waals surface area contributed by atoms with Crippen molar-refractivity contribution < 1.29 is 5.21 Å². The molecule has 0 aromatic carbocycles. The van der Waals surface area contributed by atoms with Crippen LogP contribution in [0.1, 0.15) is 5.69 Å². The molecule has 1 rings (SSSR count). The highest BCUT2D eigenvalue weighted by molar-refractivity contribution is 9.13. The van der Waals surface area contributed by atoms with Gasteiger partial charge in [-0.15, -0.1) is 0 Å². The predicted molar refractivity (Wildman–Crippen MR) is 45.6 cm³/mol. The van der Waals surface area contributed by atoms with Gasteiger partial charge in [0.2, 0.25) is 0 Å². The summed E-state index contributed by atoms with van der Waals surface area (Å²) < 4.78 is 1.74. The van der Waals surface area contributed by atoms with E-state index < -0.39 is 0 Å². The van der Waals surface area contributed by atoms with Gasteiger partial charge in [-0.1, -0.05) is 5.16 Å². The summed E-state index contributed by atoms with van der Waals surface area (Å²) in [5.74, 6) is 0. The van der Waals surface area contributed by atoms with Crippen LogP contribution in [0.2, 0.25) is 0 Å². The number of oxime groups is 1. The summed E-state index contributed by atoms with van der Waals surface area (Å²) in [6.07, 6.45) is 1.32. The second kappa shape index (κ2) is 3.21. The zero-order valence-corrected chi connectivity index (χ0v) is 7.98. The Kier molecular flexibility index (Phi) is 2.50. The lowest BCUT2D eigenvalue weighted by Crippen LogP contribution is -1.77. The minimum Gasteiger partial charge on any atom is -0.411 e. The molecule has 0 spiro atoms. The molecule has 10 heavy (non-hydrogen) atoms. The molecule has 1 aromatic heterocycles. The Morgan fingerprint density at radius 3 is 2.70 bits per heavy atom. The standard InChI is InChI=1S/C5H4Br2N2O/c6-4-1-3(2-8-10)9-5(4)7/h1-2,9-10H. The lowest BCUT2D eigenvalue weighted by Gasteiger charge is -1.79. The van der Waals surface area contributed by atoms with E-state index in [1.165, 1.54) is 6.21 Å². The normalized spacial score (nSPS) is 11.0. The van der Waals surface area contributed by atoms with Crippen molar-refractivity contribution in [1.82, 2.24) is 4.98 Å². The number of hydrogen-bond acceptors (Lipinski definition) is 2. The average Bonchev–Trinajstić information content (AvgIpc) is 2.14. The third-order valence-electron chi connectivity index (χ3n) is 0.943. The van der Waals surface area contributed by atoms with Crippen molar-refractivity contribution in [3.63, 3.8) is 0 Å². The Bertz CT molecular complexity index is 237. The quantitative estimate of drug-likeness (QED) is 0.458. The summed E-state index contributed by atoms with van der Waals surface area (Å²) in [6.45, 7) is 0. The lowest BCUT2D eigenvalue weighted by molar-refractivity contribution is 0.321. The monoisotopic (exact) mass is 266 g/mol. The van der Waals surface area contributed by atoms with Crippen molar-refractivity contribution in [2.24, 2.45) is 5.16 Å². The third-order valence-corrected chi connectivity index (χ3v) is 2.73. The molecule has 0 saturated heterocycles. The minimum atomic E-state index is 0.737.